The zero-order valence-electron chi connectivity index (χ0n) is 66.1. The number of aryl methyl sites for hydroxylation is 3. The lowest BCUT2D eigenvalue weighted by Gasteiger charge is -2.11. The van der Waals surface area contributed by atoms with Crippen LogP contribution < -0.4 is 0 Å². The number of aromatic nitrogens is 9. The molecule has 566 valence electrons. The highest BCUT2D eigenvalue weighted by Gasteiger charge is 2.18. The third kappa shape index (κ3) is 18.3. The molecule has 16 aromatic carbocycles. The number of hydrogen-bond donors (Lipinski definition) is 0. The van der Waals surface area contributed by atoms with Gasteiger partial charge in [0, 0.05) is 61.2 Å². The number of benzene rings is 16. The molecule has 0 atom stereocenters. The van der Waals surface area contributed by atoms with Crippen molar-refractivity contribution in [3.05, 3.63) is 454 Å². The first kappa shape index (κ1) is 75.9. The van der Waals surface area contributed by atoms with Gasteiger partial charge < -0.3 is 0 Å². The molecule has 20 aromatic rings. The molecule has 0 amide bonds. The molecule has 0 aliphatic carbocycles. The lowest BCUT2D eigenvalue weighted by molar-refractivity contribution is 1.07. The van der Waals surface area contributed by atoms with Crippen LogP contribution in [-0.4, -0.2) is 44.9 Å². The van der Waals surface area contributed by atoms with Crippen LogP contribution in [0, 0.1) is 20.8 Å². The zero-order chi connectivity index (χ0) is 80.5. The molecule has 119 heavy (non-hydrogen) atoms. The van der Waals surface area contributed by atoms with Crippen LogP contribution in [0.25, 0.3) is 179 Å². The Morgan fingerprint density at radius 2 is 0.445 bits per heavy atom. The highest BCUT2D eigenvalue weighted by molar-refractivity contribution is 5.97. The van der Waals surface area contributed by atoms with E-state index in [2.05, 4.69) is 352 Å². The molecular formula is C110H81N9. The second-order valence-corrected chi connectivity index (χ2v) is 29.1. The van der Waals surface area contributed by atoms with Crippen molar-refractivity contribution in [3.63, 3.8) is 0 Å². The maximum Gasteiger partial charge on any atom is 0.163 e. The van der Waals surface area contributed by atoms with E-state index in [-0.39, 0.29) is 0 Å². The molecule has 0 radical (unpaired) electrons. The van der Waals surface area contributed by atoms with Gasteiger partial charge in [0.1, 0.15) is 6.33 Å². The molecular weight excluding hydrogens is 1450 g/mol. The molecule has 0 bridgehead atoms. The average molecular weight is 1530 g/mol. The predicted octanol–water partition coefficient (Wildman–Crippen LogP) is 27.9. The summed E-state index contributed by atoms with van der Waals surface area (Å²) in [6, 6.07) is 148. The van der Waals surface area contributed by atoms with Gasteiger partial charge in [0.05, 0.1) is 34.2 Å². The van der Waals surface area contributed by atoms with Crippen molar-refractivity contribution in [1.29, 1.82) is 0 Å². The Kier molecular flexibility index (Phi) is 23.1. The van der Waals surface area contributed by atoms with Gasteiger partial charge in [-0.2, -0.15) is 0 Å². The van der Waals surface area contributed by atoms with Crippen molar-refractivity contribution in [3.8, 4) is 158 Å². The van der Waals surface area contributed by atoms with E-state index in [1.165, 1.54) is 60.8 Å². The van der Waals surface area contributed by atoms with Gasteiger partial charge in [-0.3, -0.25) is 0 Å². The minimum absolute atomic E-state index is 0.694. The summed E-state index contributed by atoms with van der Waals surface area (Å²) >= 11 is 0. The molecule has 0 aliphatic rings. The van der Waals surface area contributed by atoms with E-state index in [0.717, 1.165) is 124 Å². The maximum atomic E-state index is 4.95. The summed E-state index contributed by atoms with van der Waals surface area (Å²) in [7, 11) is 0. The van der Waals surface area contributed by atoms with Crippen molar-refractivity contribution in [2.45, 2.75) is 20.8 Å². The van der Waals surface area contributed by atoms with E-state index in [1.54, 1.807) is 6.33 Å². The third-order valence-electron chi connectivity index (χ3n) is 20.8. The summed E-state index contributed by atoms with van der Waals surface area (Å²) in [5.74, 6) is 3.60. The average Bonchev–Trinajstić information content (AvgIpc) is 0.828. The molecule has 0 unspecified atom stereocenters. The Bertz CT molecular complexity index is 6760. The highest BCUT2D eigenvalue weighted by Crippen LogP contribution is 2.37. The Hall–Kier alpha value is -15.7. The quantitative estimate of drug-likeness (QED) is 0.105. The Morgan fingerprint density at radius 1 is 0.160 bits per heavy atom. The van der Waals surface area contributed by atoms with Gasteiger partial charge >= 0.3 is 0 Å². The Labute approximate surface area is 694 Å². The zero-order valence-corrected chi connectivity index (χ0v) is 66.1. The minimum Gasteiger partial charge on any atom is -0.228 e. The minimum atomic E-state index is 0.694. The maximum absolute atomic E-state index is 4.95. The van der Waals surface area contributed by atoms with Crippen molar-refractivity contribution in [2.24, 2.45) is 0 Å². The van der Waals surface area contributed by atoms with Crippen molar-refractivity contribution >= 4 is 21.5 Å². The van der Waals surface area contributed by atoms with Crippen LogP contribution in [0.15, 0.2) is 437 Å². The van der Waals surface area contributed by atoms with E-state index in [9.17, 15) is 0 Å². The van der Waals surface area contributed by atoms with E-state index in [0.29, 0.717) is 11.6 Å². The lowest BCUT2D eigenvalue weighted by atomic mass is 10.00. The van der Waals surface area contributed by atoms with Crippen molar-refractivity contribution in [2.75, 3.05) is 0 Å². The van der Waals surface area contributed by atoms with Crippen molar-refractivity contribution in [1.82, 2.24) is 44.9 Å². The van der Waals surface area contributed by atoms with Crippen LogP contribution >= 0.6 is 0 Å². The topological polar surface area (TPSA) is 116 Å². The molecule has 0 saturated heterocycles. The fourth-order valence-electron chi connectivity index (χ4n) is 14.6. The molecule has 9 heteroatoms. The second-order valence-electron chi connectivity index (χ2n) is 29.1. The summed E-state index contributed by atoms with van der Waals surface area (Å²) in [5, 5.41) is 4.64. The second kappa shape index (κ2) is 36.2. The van der Waals surface area contributed by atoms with E-state index in [1.807, 2.05) is 109 Å². The highest BCUT2D eigenvalue weighted by atomic mass is 15.0. The number of nitrogens with zero attached hydrogens (tertiary/aromatic N) is 9. The molecule has 4 heterocycles. The molecule has 4 aromatic heterocycles. The van der Waals surface area contributed by atoms with Crippen LogP contribution in [0.2, 0.25) is 0 Å². The summed E-state index contributed by atoms with van der Waals surface area (Å²) in [5.41, 5.74) is 27.9. The summed E-state index contributed by atoms with van der Waals surface area (Å²) in [4.78, 5) is 43.3. The van der Waals surface area contributed by atoms with Gasteiger partial charge in [0.25, 0.3) is 0 Å². The Balaban J connectivity index is 0.000000114. The Morgan fingerprint density at radius 3 is 0.840 bits per heavy atom. The molecule has 9 nitrogen and oxygen atoms in total. The number of rotatable bonds is 14. The van der Waals surface area contributed by atoms with Gasteiger partial charge in [0.2, 0.25) is 0 Å². The van der Waals surface area contributed by atoms with Gasteiger partial charge in [-0.1, -0.05) is 399 Å². The van der Waals surface area contributed by atoms with Crippen LogP contribution in [0.4, 0.5) is 0 Å². The van der Waals surface area contributed by atoms with E-state index >= 15 is 0 Å². The smallest absolute Gasteiger partial charge is 0.163 e. The fraction of sp³-hybridized carbons (Fsp3) is 0.0273. The standard InChI is InChI=1S/3C29H22N2.C23H15N3/c1-21-10-8-16-25(18-21)27-20-28(31-29(30-27)23-13-6-3-7-14-23)26-17-9-15-24(19-26)22-11-4-2-5-12-22;1-21-11-8-9-18-26(21)28-20-27(30-29(31-28)23-14-6-3-7-15-23)25-17-10-16-24(19-25)22-12-4-2-5-13-22;1-21-15-17-23(18-16-21)27-20-28(31-29(30-27)24-11-6-3-7-12-24)26-14-8-13-25(19-26)22-9-4-2-5-10-22;1-3-11-18-16(7-1)9-5-13-20(18)22-24-15-25-23(26-22)21-14-6-10-17-8-2-4-12-19(17)21/h3*2-20H,1H3;1-15H. The monoisotopic (exact) mass is 1530 g/mol. The number of hydrogen-bond acceptors (Lipinski definition) is 9. The number of fused-ring (bicyclic) bond motifs is 2. The van der Waals surface area contributed by atoms with Crippen LogP contribution in [0.5, 0.6) is 0 Å². The molecule has 0 saturated carbocycles. The summed E-state index contributed by atoms with van der Waals surface area (Å²) < 4.78 is 0. The van der Waals surface area contributed by atoms with Crippen LogP contribution in [-0.2, 0) is 0 Å². The SMILES string of the molecule is Cc1ccc(-c2cc(-c3cccc(-c4ccccc4)c3)nc(-c3ccccc3)n2)cc1.Cc1cccc(-c2cc(-c3cccc(-c4ccccc4)c3)nc(-c3ccccc3)n2)c1.Cc1ccccc1-c1cc(-c2cccc(-c3ccccc3)c2)nc(-c2ccccc2)n1.c1ccc2c(-c3ncnc(-c4cccc5ccccc45)n3)cccc2c1. The van der Waals surface area contributed by atoms with E-state index < -0.39 is 0 Å². The normalized spacial score (nSPS) is 10.8. The summed E-state index contributed by atoms with van der Waals surface area (Å²) in [6.07, 6.45) is 1.60. The third-order valence-corrected chi connectivity index (χ3v) is 20.8. The lowest BCUT2D eigenvalue weighted by Crippen LogP contribution is -1.97. The van der Waals surface area contributed by atoms with Crippen molar-refractivity contribution < 1.29 is 0 Å². The van der Waals surface area contributed by atoms with Gasteiger partial charge in [-0.15, -0.1) is 0 Å². The molecule has 20 rings (SSSR count). The predicted molar refractivity (Wildman–Crippen MR) is 491 cm³/mol. The molecule has 0 spiro atoms. The first-order valence-electron chi connectivity index (χ1n) is 39.9. The summed E-state index contributed by atoms with van der Waals surface area (Å²) in [6.45, 7) is 6.32. The molecule has 0 fully saturated rings. The molecule has 0 N–H and O–H groups in total. The van der Waals surface area contributed by atoms with Crippen LogP contribution in [0.1, 0.15) is 16.7 Å². The van der Waals surface area contributed by atoms with Gasteiger partial charge in [0.15, 0.2) is 29.1 Å². The first-order chi connectivity index (χ1) is 58.7. The largest absolute Gasteiger partial charge is 0.228 e. The van der Waals surface area contributed by atoms with E-state index in [4.69, 9.17) is 34.9 Å². The first-order valence-corrected chi connectivity index (χ1v) is 39.9. The van der Waals surface area contributed by atoms with Gasteiger partial charge in [-0.25, -0.2) is 44.9 Å². The fourth-order valence-corrected chi connectivity index (χ4v) is 14.6. The molecule has 0 aliphatic heterocycles. The van der Waals surface area contributed by atoms with Gasteiger partial charge in [-0.05, 0) is 124 Å². The van der Waals surface area contributed by atoms with Crippen LogP contribution in [0.3, 0.4) is 0 Å².